The minimum Gasteiger partial charge on any atom is -0.147 e. The molecule has 0 nitrogen and oxygen atoms in total. The van der Waals surface area contributed by atoms with Gasteiger partial charge in [-0.1, -0.05) is 0 Å². The number of benzene rings is 4. The van der Waals surface area contributed by atoms with E-state index in [9.17, 15) is 0 Å². The molecule has 1 saturated heterocycles. The fourth-order valence-corrected chi connectivity index (χ4v) is 45.8. The van der Waals surface area contributed by atoms with Crippen LogP contribution in [0.1, 0.15) is 107 Å². The standard InChI is InChI=1S/2C20H21.C6H10.2ClH.Hf/c2*1-14(2)11-16-12-18-5-4-6-19(20(18)13-16)17-9-7-15(3)8-10-17;1-2-4-6-5-3-1;;;/h2*4-10,12-14H,11H2,1-3H3;1-2H,3-6H2;2*1H;. The zero-order valence-corrected chi connectivity index (χ0v) is 35.5. The number of hydrogen-bond acceptors (Lipinski definition) is 0. The molecule has 4 aromatic rings. The predicted octanol–water partition coefficient (Wildman–Crippen LogP) is 14.5. The van der Waals surface area contributed by atoms with Crippen LogP contribution in [0, 0.1) is 25.7 Å². The molecule has 1 heterocycles. The smallest absolute Gasteiger partial charge is 0.147 e. The molecule has 4 unspecified atom stereocenters. The average molecular weight is 856 g/mol. The summed E-state index contributed by atoms with van der Waals surface area (Å²) >= 11 is -3.26. The van der Waals surface area contributed by atoms with Gasteiger partial charge in [0.05, 0.1) is 0 Å². The van der Waals surface area contributed by atoms with Crippen LogP contribution >= 0.6 is 24.8 Å². The Kier molecular flexibility index (Phi) is 10.8. The first-order valence-corrected chi connectivity index (χ1v) is 26.9. The van der Waals surface area contributed by atoms with Gasteiger partial charge >= 0.3 is 290 Å². The van der Waals surface area contributed by atoms with Gasteiger partial charge < -0.3 is 0 Å². The fraction of sp³-hybridized carbons (Fsp3) is 0.391. The number of rotatable bonds is 8. The van der Waals surface area contributed by atoms with E-state index in [-0.39, 0.29) is 24.8 Å². The van der Waals surface area contributed by atoms with E-state index in [2.05, 4.69) is 139 Å². The number of aryl methyl sites for hydroxylation is 2. The largest absolute Gasteiger partial charge is 0.147 e. The van der Waals surface area contributed by atoms with Crippen LogP contribution in [0.3, 0.4) is 0 Å². The quantitative estimate of drug-likeness (QED) is 0.155. The molecule has 0 N–H and O–H groups in total. The maximum Gasteiger partial charge on any atom is -0.147 e. The van der Waals surface area contributed by atoms with Gasteiger partial charge in [-0.05, 0) is 0 Å². The van der Waals surface area contributed by atoms with Crippen molar-refractivity contribution in [2.45, 2.75) is 94.8 Å². The molecule has 4 aliphatic rings. The molecule has 0 spiro atoms. The summed E-state index contributed by atoms with van der Waals surface area (Å²) in [7, 11) is 0. The van der Waals surface area contributed by atoms with E-state index >= 15 is 0 Å². The summed E-state index contributed by atoms with van der Waals surface area (Å²) in [4.78, 5) is 0. The van der Waals surface area contributed by atoms with Crippen molar-refractivity contribution in [3.8, 4) is 22.3 Å². The van der Waals surface area contributed by atoms with Gasteiger partial charge in [-0.2, -0.15) is 0 Å². The van der Waals surface area contributed by atoms with Crippen molar-refractivity contribution >= 4 is 37.0 Å². The van der Waals surface area contributed by atoms with Crippen LogP contribution < -0.4 is 0 Å². The maximum absolute atomic E-state index is 3.26. The van der Waals surface area contributed by atoms with E-state index in [0.717, 1.165) is 7.35 Å². The van der Waals surface area contributed by atoms with Crippen LogP contribution in [0.2, 0.25) is 7.35 Å². The van der Waals surface area contributed by atoms with Crippen LogP contribution in [-0.2, 0) is 20.0 Å². The Balaban J connectivity index is 0.00000208. The topological polar surface area (TPSA) is 0 Å². The molecule has 1 aliphatic heterocycles. The third kappa shape index (κ3) is 6.23. The molecule has 1 saturated carbocycles. The third-order valence-corrected chi connectivity index (χ3v) is 37.2. The normalized spacial score (nSPS) is 24.7. The Labute approximate surface area is 313 Å². The molecule has 3 aliphatic carbocycles. The zero-order chi connectivity index (χ0) is 32.4. The predicted molar refractivity (Wildman–Crippen MR) is 214 cm³/mol. The summed E-state index contributed by atoms with van der Waals surface area (Å²) in [6.45, 7) is 14.2. The monoisotopic (exact) mass is 856 g/mol. The van der Waals surface area contributed by atoms with Crippen molar-refractivity contribution in [1.29, 1.82) is 0 Å². The van der Waals surface area contributed by atoms with Gasteiger partial charge in [0.15, 0.2) is 0 Å². The first-order chi connectivity index (χ1) is 22.8. The molecule has 4 aromatic carbocycles. The van der Waals surface area contributed by atoms with Crippen LogP contribution in [0.5, 0.6) is 0 Å². The molecule has 0 radical (unpaired) electrons. The van der Waals surface area contributed by atoms with Crippen molar-refractivity contribution in [3.63, 3.8) is 0 Å². The maximum atomic E-state index is 2.73. The second-order valence-electron chi connectivity index (χ2n) is 16.3. The van der Waals surface area contributed by atoms with Gasteiger partial charge in [-0.25, -0.2) is 0 Å². The van der Waals surface area contributed by atoms with Crippen LogP contribution in [0.15, 0.2) is 96.1 Å². The fourth-order valence-electron chi connectivity index (χ4n) is 10.6. The third-order valence-electron chi connectivity index (χ3n) is 12.3. The van der Waals surface area contributed by atoms with Crippen LogP contribution in [0.25, 0.3) is 34.4 Å². The van der Waals surface area contributed by atoms with E-state index in [1.165, 1.54) is 71.9 Å². The van der Waals surface area contributed by atoms with E-state index in [1.807, 2.05) is 0 Å². The summed E-state index contributed by atoms with van der Waals surface area (Å²) < 4.78 is 3.43. The Hall–Kier alpha value is -2.19. The van der Waals surface area contributed by atoms with Crippen LogP contribution in [0.4, 0.5) is 0 Å². The first kappa shape index (κ1) is 36.6. The average Bonchev–Trinajstić information content (AvgIpc) is 3.33. The Morgan fingerprint density at radius 3 is 1.31 bits per heavy atom. The molecule has 256 valence electrons. The second-order valence-corrected chi connectivity index (χ2v) is 33.0. The Morgan fingerprint density at radius 2 is 0.939 bits per heavy atom. The summed E-state index contributed by atoms with van der Waals surface area (Å²) in [5, 5.41) is 0. The van der Waals surface area contributed by atoms with Crippen molar-refractivity contribution in [1.82, 2.24) is 0 Å². The number of halogens is 2. The van der Waals surface area contributed by atoms with E-state index in [4.69, 9.17) is 0 Å². The summed E-state index contributed by atoms with van der Waals surface area (Å²) in [5.41, 5.74) is 18.5. The summed E-state index contributed by atoms with van der Waals surface area (Å²) in [5.74, 6) is 1.34. The van der Waals surface area contributed by atoms with Gasteiger partial charge in [-0.3, -0.25) is 0 Å². The van der Waals surface area contributed by atoms with Crippen molar-refractivity contribution in [2.75, 3.05) is 0 Å². The minimum atomic E-state index is -3.26. The van der Waals surface area contributed by atoms with E-state index < -0.39 is 20.0 Å². The first-order valence-electron chi connectivity index (χ1n) is 18.6. The minimum absolute atomic E-state index is 0. The molecule has 4 atom stereocenters. The molecular formula is C46H54Cl2Hf. The molecule has 3 heteroatoms. The second kappa shape index (κ2) is 14.4. The van der Waals surface area contributed by atoms with E-state index in [1.54, 1.807) is 33.4 Å². The number of allylic oxidation sites excluding steroid dienone is 2. The SMILES string of the molecule is Cc1ccc(-c2cccc3c2C=C(CC(C)C)[CH]3[Hf]2([CH]3C(CC(C)C)=Cc4c(-c5ccc(C)cc5)cccc43)[CH]3CCCC[CH]32)cc1.Cl.Cl. The van der Waals surface area contributed by atoms with Gasteiger partial charge in [-0.15, -0.1) is 24.8 Å². The van der Waals surface area contributed by atoms with E-state index in [0.29, 0.717) is 19.2 Å². The van der Waals surface area contributed by atoms with Gasteiger partial charge in [0, 0.05) is 0 Å². The summed E-state index contributed by atoms with van der Waals surface area (Å²) in [6.07, 6.45) is 13.8. The summed E-state index contributed by atoms with van der Waals surface area (Å²) in [6, 6.07) is 33.4. The number of fused-ring (bicyclic) bond motifs is 3. The van der Waals surface area contributed by atoms with Crippen molar-refractivity contribution in [3.05, 3.63) is 129 Å². The molecular weight excluding hydrogens is 802 g/mol. The van der Waals surface area contributed by atoms with Gasteiger partial charge in [0.2, 0.25) is 0 Å². The Bertz CT molecular complexity index is 1740. The molecule has 49 heavy (non-hydrogen) atoms. The zero-order valence-electron chi connectivity index (χ0n) is 30.3. The molecule has 8 rings (SSSR count). The van der Waals surface area contributed by atoms with Crippen molar-refractivity contribution in [2.24, 2.45) is 11.8 Å². The van der Waals surface area contributed by atoms with Crippen molar-refractivity contribution < 1.29 is 20.0 Å². The number of hydrogen-bond donors (Lipinski definition) is 0. The Morgan fingerprint density at radius 1 is 0.551 bits per heavy atom. The molecule has 0 bridgehead atoms. The van der Waals surface area contributed by atoms with Gasteiger partial charge in [0.25, 0.3) is 0 Å². The van der Waals surface area contributed by atoms with Crippen LogP contribution in [-0.4, -0.2) is 0 Å². The molecule has 2 fully saturated rings. The van der Waals surface area contributed by atoms with Gasteiger partial charge in [0.1, 0.15) is 0 Å². The molecule has 0 aromatic heterocycles. The molecule has 0 amide bonds.